The molecular weight excluding hydrogens is 249 g/mol. The highest BCUT2D eigenvalue weighted by Gasteiger charge is 2.24. The van der Waals surface area contributed by atoms with Gasteiger partial charge in [0.05, 0.1) is 18.2 Å². The lowest BCUT2D eigenvalue weighted by molar-refractivity contribution is 0.0891. The normalized spacial score (nSPS) is 16.7. The van der Waals surface area contributed by atoms with Crippen molar-refractivity contribution in [2.45, 2.75) is 31.7 Å². The van der Waals surface area contributed by atoms with Gasteiger partial charge in [-0.15, -0.1) is 0 Å². The van der Waals surface area contributed by atoms with Gasteiger partial charge in [-0.25, -0.2) is 4.39 Å². The second-order valence-electron chi connectivity index (χ2n) is 5.02. The minimum Gasteiger partial charge on any atom is -0.505 e. The molecule has 0 spiro atoms. The summed E-state index contributed by atoms with van der Waals surface area (Å²) in [6.07, 6.45) is 4.14. The predicted molar refractivity (Wildman–Crippen MR) is 68.4 cm³/mol. The van der Waals surface area contributed by atoms with Gasteiger partial charge in [0.2, 0.25) is 0 Å². The van der Waals surface area contributed by atoms with Crippen LogP contribution >= 0.6 is 0 Å². The van der Waals surface area contributed by atoms with Crippen LogP contribution in [0.5, 0.6) is 5.75 Å². The largest absolute Gasteiger partial charge is 0.505 e. The zero-order chi connectivity index (χ0) is 13.8. The molecule has 1 aromatic carbocycles. The summed E-state index contributed by atoms with van der Waals surface area (Å²) < 4.78 is 13.6. The molecule has 2 rings (SSSR count). The molecule has 19 heavy (non-hydrogen) atoms. The molecule has 0 aliphatic heterocycles. The third-order valence-electron chi connectivity index (χ3n) is 3.62. The first-order chi connectivity index (χ1) is 9.11. The molecule has 1 aromatic rings. The monoisotopic (exact) mass is 267 g/mol. The fraction of sp³-hybridized carbons (Fsp3) is 0.500. The third-order valence-corrected chi connectivity index (χ3v) is 3.62. The van der Waals surface area contributed by atoms with Crippen molar-refractivity contribution in [2.75, 3.05) is 6.61 Å². The number of hydrogen-bond acceptors (Lipinski definition) is 3. The SMILES string of the molecule is O=C(NC(CO)CC1CCC1)c1cccc(O)c1F. The first-order valence-corrected chi connectivity index (χ1v) is 6.51. The molecule has 0 radical (unpaired) electrons. The maximum Gasteiger partial charge on any atom is 0.254 e. The van der Waals surface area contributed by atoms with E-state index in [1.54, 1.807) is 0 Å². The molecule has 0 saturated heterocycles. The maximum absolute atomic E-state index is 13.6. The average Bonchev–Trinajstić information content (AvgIpc) is 2.35. The van der Waals surface area contributed by atoms with Crippen LogP contribution in [-0.2, 0) is 0 Å². The lowest BCUT2D eigenvalue weighted by Crippen LogP contribution is -2.40. The van der Waals surface area contributed by atoms with E-state index in [4.69, 9.17) is 0 Å². The van der Waals surface area contributed by atoms with Gasteiger partial charge in [-0.3, -0.25) is 4.79 Å². The Morgan fingerprint density at radius 1 is 1.47 bits per heavy atom. The lowest BCUT2D eigenvalue weighted by Gasteiger charge is -2.29. The fourth-order valence-corrected chi connectivity index (χ4v) is 2.27. The van der Waals surface area contributed by atoms with E-state index in [9.17, 15) is 19.4 Å². The number of carbonyl (C=O) groups excluding carboxylic acids is 1. The summed E-state index contributed by atoms with van der Waals surface area (Å²) in [5, 5.41) is 21.1. The highest BCUT2D eigenvalue weighted by Crippen LogP contribution is 2.30. The van der Waals surface area contributed by atoms with Crippen molar-refractivity contribution < 1.29 is 19.4 Å². The fourth-order valence-electron chi connectivity index (χ4n) is 2.27. The van der Waals surface area contributed by atoms with Crippen LogP contribution < -0.4 is 5.32 Å². The van der Waals surface area contributed by atoms with E-state index in [2.05, 4.69) is 5.32 Å². The van der Waals surface area contributed by atoms with Crippen molar-refractivity contribution in [3.8, 4) is 5.75 Å². The molecule has 0 aromatic heterocycles. The van der Waals surface area contributed by atoms with Crippen molar-refractivity contribution in [3.05, 3.63) is 29.6 Å². The second-order valence-corrected chi connectivity index (χ2v) is 5.02. The highest BCUT2D eigenvalue weighted by atomic mass is 19.1. The van der Waals surface area contributed by atoms with Gasteiger partial charge < -0.3 is 15.5 Å². The van der Waals surface area contributed by atoms with Gasteiger partial charge in [-0.05, 0) is 24.5 Å². The van der Waals surface area contributed by atoms with Crippen molar-refractivity contribution in [2.24, 2.45) is 5.92 Å². The van der Waals surface area contributed by atoms with Gasteiger partial charge in [0.15, 0.2) is 11.6 Å². The predicted octanol–water partition coefficient (Wildman–Crippen LogP) is 1.81. The molecule has 1 unspecified atom stereocenters. The first kappa shape index (κ1) is 13.8. The van der Waals surface area contributed by atoms with Gasteiger partial charge in [0, 0.05) is 0 Å². The summed E-state index contributed by atoms with van der Waals surface area (Å²) in [5.74, 6) is -1.55. The summed E-state index contributed by atoms with van der Waals surface area (Å²) in [6, 6.07) is 3.54. The van der Waals surface area contributed by atoms with Crippen molar-refractivity contribution in [3.63, 3.8) is 0 Å². The summed E-state index contributed by atoms with van der Waals surface area (Å²) in [5.41, 5.74) is -0.202. The molecule has 1 atom stereocenters. The van der Waals surface area contributed by atoms with E-state index < -0.39 is 17.5 Å². The molecule has 1 fully saturated rings. The van der Waals surface area contributed by atoms with Crippen LogP contribution in [0.3, 0.4) is 0 Å². The van der Waals surface area contributed by atoms with Crippen molar-refractivity contribution in [1.82, 2.24) is 5.32 Å². The number of aromatic hydroxyl groups is 1. The van der Waals surface area contributed by atoms with Gasteiger partial charge in [-0.2, -0.15) is 0 Å². The summed E-state index contributed by atoms with van der Waals surface area (Å²) in [4.78, 5) is 11.9. The molecular formula is C14H18FNO3. The molecule has 5 heteroatoms. The number of carbonyl (C=O) groups is 1. The van der Waals surface area contributed by atoms with E-state index >= 15 is 0 Å². The Balaban J connectivity index is 2.00. The van der Waals surface area contributed by atoms with Gasteiger partial charge in [0.25, 0.3) is 5.91 Å². The number of rotatable bonds is 5. The molecule has 1 aliphatic rings. The minimum absolute atomic E-state index is 0.164. The van der Waals surface area contributed by atoms with Crippen LogP contribution in [0, 0.1) is 11.7 Å². The average molecular weight is 267 g/mol. The number of aliphatic hydroxyl groups excluding tert-OH is 1. The molecule has 1 saturated carbocycles. The third kappa shape index (κ3) is 3.23. The Kier molecular flexibility index (Phi) is 4.37. The summed E-state index contributed by atoms with van der Waals surface area (Å²) in [7, 11) is 0. The quantitative estimate of drug-likeness (QED) is 0.762. The van der Waals surface area contributed by atoms with Crippen molar-refractivity contribution in [1.29, 1.82) is 0 Å². The Morgan fingerprint density at radius 2 is 2.21 bits per heavy atom. The van der Waals surface area contributed by atoms with Crippen LogP contribution in [-0.4, -0.2) is 28.8 Å². The summed E-state index contributed by atoms with van der Waals surface area (Å²) >= 11 is 0. The Hall–Kier alpha value is -1.62. The number of phenolic OH excluding ortho intramolecular Hbond substituents is 1. The van der Waals surface area contributed by atoms with Crippen LogP contribution in [0.15, 0.2) is 18.2 Å². The van der Waals surface area contributed by atoms with E-state index in [-0.39, 0.29) is 18.2 Å². The number of hydrogen-bond donors (Lipinski definition) is 3. The van der Waals surface area contributed by atoms with Crippen LogP contribution in [0.2, 0.25) is 0 Å². The molecule has 104 valence electrons. The second kappa shape index (κ2) is 6.02. The van der Waals surface area contributed by atoms with E-state index in [1.807, 2.05) is 0 Å². The number of amides is 1. The van der Waals surface area contributed by atoms with E-state index in [0.717, 1.165) is 12.8 Å². The van der Waals surface area contributed by atoms with Gasteiger partial charge >= 0.3 is 0 Å². The number of aliphatic hydroxyl groups is 1. The molecule has 0 heterocycles. The smallest absolute Gasteiger partial charge is 0.254 e. The Labute approximate surface area is 111 Å². The molecule has 4 nitrogen and oxygen atoms in total. The number of halogens is 1. The van der Waals surface area contributed by atoms with Crippen LogP contribution in [0.4, 0.5) is 4.39 Å². The first-order valence-electron chi connectivity index (χ1n) is 6.51. The van der Waals surface area contributed by atoms with E-state index in [0.29, 0.717) is 12.3 Å². The Bertz CT molecular complexity index is 460. The number of nitrogens with one attached hydrogen (secondary N) is 1. The topological polar surface area (TPSA) is 69.6 Å². The molecule has 0 bridgehead atoms. The molecule has 3 N–H and O–H groups in total. The van der Waals surface area contributed by atoms with Gasteiger partial charge in [0.1, 0.15) is 0 Å². The molecule has 1 aliphatic carbocycles. The highest BCUT2D eigenvalue weighted by molar-refractivity contribution is 5.95. The van der Waals surface area contributed by atoms with Crippen molar-refractivity contribution >= 4 is 5.91 Å². The standard InChI is InChI=1S/C14H18FNO3/c15-13-11(5-2-6-12(13)18)14(19)16-10(8-17)7-9-3-1-4-9/h2,5-6,9-10,17-18H,1,3-4,7-8H2,(H,16,19). The summed E-state index contributed by atoms with van der Waals surface area (Å²) in [6.45, 7) is -0.164. The van der Waals surface area contributed by atoms with Gasteiger partial charge in [-0.1, -0.05) is 25.3 Å². The van der Waals surface area contributed by atoms with Crippen LogP contribution in [0.25, 0.3) is 0 Å². The maximum atomic E-state index is 13.6. The minimum atomic E-state index is -0.930. The zero-order valence-electron chi connectivity index (χ0n) is 10.6. The number of phenols is 1. The Morgan fingerprint density at radius 3 is 2.79 bits per heavy atom. The van der Waals surface area contributed by atoms with E-state index in [1.165, 1.54) is 24.6 Å². The lowest BCUT2D eigenvalue weighted by atomic mass is 9.81. The van der Waals surface area contributed by atoms with Crippen LogP contribution in [0.1, 0.15) is 36.0 Å². The zero-order valence-corrected chi connectivity index (χ0v) is 10.6. The molecule has 1 amide bonds. The number of benzene rings is 1.